The molecule has 3 aromatic rings. The van der Waals surface area contributed by atoms with E-state index in [1.54, 1.807) is 0 Å². The van der Waals surface area contributed by atoms with E-state index in [0.717, 1.165) is 39.4 Å². The minimum Gasteiger partial charge on any atom is -0.357 e. The molecule has 1 aliphatic rings. The molecule has 24 heavy (non-hydrogen) atoms. The summed E-state index contributed by atoms with van der Waals surface area (Å²) in [5.41, 5.74) is 1.02. The zero-order valence-corrected chi connectivity index (χ0v) is 14.2. The number of rotatable bonds is 4. The van der Waals surface area contributed by atoms with Crippen molar-refractivity contribution in [2.75, 3.05) is 18.0 Å². The van der Waals surface area contributed by atoms with Crippen LogP contribution < -0.4 is 10.2 Å². The van der Waals surface area contributed by atoms with Gasteiger partial charge in [-0.1, -0.05) is 24.3 Å². The van der Waals surface area contributed by atoms with E-state index in [-0.39, 0.29) is 5.91 Å². The molecule has 1 fully saturated rings. The molecule has 0 unspecified atom stereocenters. The molecule has 3 heterocycles. The Bertz CT molecular complexity index is 817. The molecule has 1 amide bonds. The van der Waals surface area contributed by atoms with Crippen LogP contribution in [0.25, 0.3) is 10.1 Å². The third kappa shape index (κ3) is 3.12. The SMILES string of the molecule is O=C(NCc1ccc(N2CCCC2)nc1)c1cc2ccccc2s1. The molecule has 0 bridgehead atoms. The Balaban J connectivity index is 1.39. The van der Waals surface area contributed by atoms with Crippen molar-refractivity contribution < 1.29 is 4.79 Å². The zero-order valence-electron chi connectivity index (χ0n) is 13.4. The summed E-state index contributed by atoms with van der Waals surface area (Å²) >= 11 is 1.53. The van der Waals surface area contributed by atoms with Crippen LogP contribution in [0.3, 0.4) is 0 Å². The van der Waals surface area contributed by atoms with Crippen LogP contribution in [0.5, 0.6) is 0 Å². The summed E-state index contributed by atoms with van der Waals surface area (Å²) in [6.45, 7) is 2.68. The van der Waals surface area contributed by atoms with Crippen LogP contribution in [0.15, 0.2) is 48.7 Å². The molecule has 4 nitrogen and oxygen atoms in total. The monoisotopic (exact) mass is 337 g/mol. The highest BCUT2D eigenvalue weighted by Crippen LogP contribution is 2.25. The Hall–Kier alpha value is -2.40. The van der Waals surface area contributed by atoms with Gasteiger partial charge in [0, 0.05) is 30.5 Å². The number of nitrogens with one attached hydrogen (secondary N) is 1. The minimum atomic E-state index is -0.0279. The molecule has 0 aliphatic carbocycles. The van der Waals surface area contributed by atoms with Gasteiger partial charge in [0.05, 0.1) is 4.88 Å². The van der Waals surface area contributed by atoms with Gasteiger partial charge in [-0.3, -0.25) is 4.79 Å². The Morgan fingerprint density at radius 1 is 1.17 bits per heavy atom. The number of carbonyl (C=O) groups is 1. The number of amides is 1. The van der Waals surface area contributed by atoms with E-state index in [2.05, 4.69) is 15.2 Å². The lowest BCUT2D eigenvalue weighted by Crippen LogP contribution is -2.22. The van der Waals surface area contributed by atoms with Gasteiger partial charge in [0.2, 0.25) is 0 Å². The van der Waals surface area contributed by atoms with E-state index in [0.29, 0.717) is 6.54 Å². The fraction of sp³-hybridized carbons (Fsp3) is 0.263. The van der Waals surface area contributed by atoms with Crippen LogP contribution in [0.4, 0.5) is 5.82 Å². The lowest BCUT2D eigenvalue weighted by molar-refractivity contribution is 0.0955. The predicted molar refractivity (Wildman–Crippen MR) is 98.7 cm³/mol. The highest BCUT2D eigenvalue weighted by Gasteiger charge is 2.13. The Morgan fingerprint density at radius 2 is 2.00 bits per heavy atom. The van der Waals surface area contributed by atoms with Gasteiger partial charge in [-0.2, -0.15) is 0 Å². The summed E-state index contributed by atoms with van der Waals surface area (Å²) in [6.07, 6.45) is 4.35. The lowest BCUT2D eigenvalue weighted by atomic mass is 10.2. The number of aromatic nitrogens is 1. The molecular weight excluding hydrogens is 318 g/mol. The first-order valence-corrected chi connectivity index (χ1v) is 9.08. The lowest BCUT2D eigenvalue weighted by Gasteiger charge is -2.16. The van der Waals surface area contributed by atoms with Crippen molar-refractivity contribution in [2.45, 2.75) is 19.4 Å². The standard InChI is InChI=1S/C19H19N3OS/c23-19(17-11-15-5-1-2-6-16(15)24-17)21-13-14-7-8-18(20-12-14)22-9-3-4-10-22/h1-2,5-8,11-12H,3-4,9-10,13H2,(H,21,23). The number of thiophene rings is 1. The second kappa shape index (κ2) is 6.61. The Labute approximate surface area is 145 Å². The minimum absolute atomic E-state index is 0.0279. The van der Waals surface area contributed by atoms with Crippen LogP contribution in [-0.4, -0.2) is 24.0 Å². The number of benzene rings is 1. The molecule has 1 N–H and O–H groups in total. The van der Waals surface area contributed by atoms with Crippen LogP contribution in [-0.2, 0) is 6.54 Å². The molecule has 122 valence electrons. The summed E-state index contributed by atoms with van der Waals surface area (Å²) in [5, 5.41) is 4.10. The highest BCUT2D eigenvalue weighted by molar-refractivity contribution is 7.20. The van der Waals surface area contributed by atoms with Crippen LogP contribution in [0.1, 0.15) is 28.1 Å². The smallest absolute Gasteiger partial charge is 0.261 e. The third-order valence-corrected chi connectivity index (χ3v) is 5.46. The maximum Gasteiger partial charge on any atom is 0.261 e. The Morgan fingerprint density at radius 3 is 2.75 bits per heavy atom. The molecular formula is C19H19N3OS. The van der Waals surface area contributed by atoms with E-state index >= 15 is 0 Å². The van der Waals surface area contributed by atoms with Crippen molar-refractivity contribution in [3.05, 3.63) is 59.1 Å². The van der Waals surface area contributed by atoms with Crippen molar-refractivity contribution in [1.82, 2.24) is 10.3 Å². The quantitative estimate of drug-likeness (QED) is 0.787. The fourth-order valence-electron chi connectivity index (χ4n) is 3.02. The first-order valence-electron chi connectivity index (χ1n) is 8.26. The van der Waals surface area contributed by atoms with Crippen molar-refractivity contribution in [2.24, 2.45) is 0 Å². The molecule has 0 atom stereocenters. The average Bonchev–Trinajstić information content (AvgIpc) is 3.29. The van der Waals surface area contributed by atoms with E-state index in [9.17, 15) is 4.79 Å². The maximum atomic E-state index is 12.3. The van der Waals surface area contributed by atoms with Crippen molar-refractivity contribution in [1.29, 1.82) is 0 Å². The molecule has 1 aliphatic heterocycles. The van der Waals surface area contributed by atoms with Gasteiger partial charge >= 0.3 is 0 Å². The number of carbonyl (C=O) groups excluding carboxylic acids is 1. The number of fused-ring (bicyclic) bond motifs is 1. The number of hydrogen-bond acceptors (Lipinski definition) is 4. The zero-order chi connectivity index (χ0) is 16.4. The van der Waals surface area contributed by atoms with E-state index in [4.69, 9.17) is 0 Å². The maximum absolute atomic E-state index is 12.3. The molecule has 2 aromatic heterocycles. The molecule has 5 heteroatoms. The predicted octanol–water partition coefficient (Wildman–Crippen LogP) is 3.83. The highest BCUT2D eigenvalue weighted by atomic mass is 32.1. The molecule has 4 rings (SSSR count). The Kier molecular flexibility index (Phi) is 4.17. The van der Waals surface area contributed by atoms with Gasteiger partial charge in [-0.05, 0) is 42.0 Å². The molecule has 1 saturated heterocycles. The van der Waals surface area contributed by atoms with Crippen LogP contribution in [0.2, 0.25) is 0 Å². The summed E-state index contributed by atoms with van der Waals surface area (Å²) in [6, 6.07) is 14.1. The number of pyridine rings is 1. The average molecular weight is 337 g/mol. The molecule has 0 spiro atoms. The van der Waals surface area contributed by atoms with Crippen molar-refractivity contribution >= 4 is 33.1 Å². The van der Waals surface area contributed by atoms with Gasteiger partial charge in [-0.25, -0.2) is 4.98 Å². The van der Waals surface area contributed by atoms with E-state index in [1.807, 2.05) is 48.7 Å². The molecule has 0 radical (unpaired) electrons. The third-order valence-electron chi connectivity index (χ3n) is 4.34. The number of nitrogens with zero attached hydrogens (tertiary/aromatic N) is 2. The summed E-state index contributed by atoms with van der Waals surface area (Å²) in [7, 11) is 0. The summed E-state index contributed by atoms with van der Waals surface area (Å²) in [4.78, 5) is 19.9. The van der Waals surface area contributed by atoms with E-state index in [1.165, 1.54) is 24.2 Å². The van der Waals surface area contributed by atoms with Crippen molar-refractivity contribution in [3.8, 4) is 0 Å². The number of hydrogen-bond donors (Lipinski definition) is 1. The summed E-state index contributed by atoms with van der Waals surface area (Å²) < 4.78 is 1.14. The largest absolute Gasteiger partial charge is 0.357 e. The van der Waals surface area contributed by atoms with Crippen LogP contribution >= 0.6 is 11.3 Å². The summed E-state index contributed by atoms with van der Waals surface area (Å²) in [5.74, 6) is 1.01. The number of anilines is 1. The van der Waals surface area contributed by atoms with Gasteiger partial charge < -0.3 is 10.2 Å². The second-order valence-electron chi connectivity index (χ2n) is 6.05. The molecule has 0 saturated carbocycles. The van der Waals surface area contributed by atoms with Gasteiger partial charge in [0.1, 0.15) is 5.82 Å². The normalized spacial score (nSPS) is 14.2. The van der Waals surface area contributed by atoms with Crippen LogP contribution in [0, 0.1) is 0 Å². The first-order chi connectivity index (χ1) is 11.8. The van der Waals surface area contributed by atoms with Gasteiger partial charge in [-0.15, -0.1) is 11.3 Å². The topological polar surface area (TPSA) is 45.2 Å². The second-order valence-corrected chi connectivity index (χ2v) is 7.13. The van der Waals surface area contributed by atoms with Gasteiger partial charge in [0.15, 0.2) is 0 Å². The van der Waals surface area contributed by atoms with E-state index < -0.39 is 0 Å². The first kappa shape index (κ1) is 15.1. The fourth-order valence-corrected chi connectivity index (χ4v) is 4.00. The van der Waals surface area contributed by atoms with Gasteiger partial charge in [0.25, 0.3) is 5.91 Å². The molecule has 1 aromatic carbocycles. The van der Waals surface area contributed by atoms with Crippen molar-refractivity contribution in [3.63, 3.8) is 0 Å².